The molecule has 0 aromatic carbocycles. The van der Waals surface area contributed by atoms with Crippen molar-refractivity contribution in [3.05, 3.63) is 66.6 Å². The molecule has 188 valence electrons. The summed E-state index contributed by atoms with van der Waals surface area (Å²) in [5.41, 5.74) is 9.16. The van der Waals surface area contributed by atoms with Crippen LogP contribution in [0.3, 0.4) is 0 Å². The number of likely N-dealkylation sites (tertiary alicyclic amines) is 1. The molecule has 0 amide bonds. The minimum absolute atomic E-state index is 0.125. The third-order valence-corrected chi connectivity index (χ3v) is 7.32. The van der Waals surface area contributed by atoms with Crippen LogP contribution in [-0.4, -0.2) is 81.8 Å². The molecule has 2 aromatic rings. The molecule has 5 heterocycles. The zero-order chi connectivity index (χ0) is 24.3. The van der Waals surface area contributed by atoms with Crippen molar-refractivity contribution in [2.24, 2.45) is 0 Å². The van der Waals surface area contributed by atoms with Crippen LogP contribution in [0.25, 0.3) is 11.1 Å². The lowest BCUT2D eigenvalue weighted by atomic mass is 10.0. The van der Waals surface area contributed by atoms with Crippen molar-refractivity contribution in [3.8, 4) is 11.1 Å². The molecule has 0 saturated carbocycles. The largest absolute Gasteiger partial charge is 0.465 e. The van der Waals surface area contributed by atoms with Gasteiger partial charge in [0.1, 0.15) is 30.5 Å². The molecule has 1 atom stereocenters. The number of allylic oxidation sites excluding steroid dienone is 4. The van der Waals surface area contributed by atoms with Crippen molar-refractivity contribution < 1.29 is 9.47 Å². The number of anilines is 2. The average molecular weight is 489 g/mol. The molecular weight excluding hydrogens is 456 g/mol. The van der Waals surface area contributed by atoms with E-state index in [0.717, 1.165) is 87.1 Å². The van der Waals surface area contributed by atoms with Crippen molar-refractivity contribution in [1.29, 1.82) is 0 Å². The number of ether oxygens (including phenoxy) is 2. The molecule has 3 aliphatic heterocycles. The Morgan fingerprint density at radius 1 is 1.08 bits per heavy atom. The Morgan fingerprint density at radius 2 is 1.97 bits per heavy atom. The summed E-state index contributed by atoms with van der Waals surface area (Å²) < 4.78 is 12.3. The van der Waals surface area contributed by atoms with Crippen LogP contribution >= 0.6 is 0 Å². The summed E-state index contributed by atoms with van der Waals surface area (Å²) in [6.45, 7) is 6.60. The van der Waals surface area contributed by atoms with Crippen molar-refractivity contribution in [2.75, 3.05) is 56.4 Å². The normalized spacial score (nSPS) is 21.6. The molecule has 0 unspecified atom stereocenters. The predicted octanol–water partition coefficient (Wildman–Crippen LogP) is 2.65. The van der Waals surface area contributed by atoms with Gasteiger partial charge in [0, 0.05) is 44.5 Å². The van der Waals surface area contributed by atoms with Crippen LogP contribution in [-0.2, 0) is 9.47 Å². The number of nitrogen functional groups attached to an aromatic ring is 1. The number of rotatable bonds is 7. The van der Waals surface area contributed by atoms with Crippen molar-refractivity contribution in [3.63, 3.8) is 0 Å². The van der Waals surface area contributed by atoms with Gasteiger partial charge in [0.25, 0.3) is 0 Å². The molecule has 1 aliphatic carbocycles. The van der Waals surface area contributed by atoms with E-state index < -0.39 is 0 Å². The zero-order valence-corrected chi connectivity index (χ0v) is 20.3. The summed E-state index contributed by atoms with van der Waals surface area (Å²) in [5, 5.41) is 6.95. The number of piperazine rings is 1. The van der Waals surface area contributed by atoms with Gasteiger partial charge in [-0.25, -0.2) is 9.97 Å². The first-order valence-electron chi connectivity index (χ1n) is 12.7. The fraction of sp³-hybridized carbons (Fsp3) is 0.423. The van der Waals surface area contributed by atoms with Gasteiger partial charge in [-0.15, -0.1) is 0 Å². The van der Waals surface area contributed by atoms with E-state index in [1.165, 1.54) is 18.3 Å². The Bertz CT molecular complexity index is 1190. The molecule has 10 heteroatoms. The summed E-state index contributed by atoms with van der Waals surface area (Å²) in [7, 11) is 0. The van der Waals surface area contributed by atoms with E-state index in [0.29, 0.717) is 5.82 Å². The zero-order valence-electron chi connectivity index (χ0n) is 20.3. The highest BCUT2D eigenvalue weighted by Gasteiger charge is 2.34. The number of H-pyrrole nitrogens is 1. The third kappa shape index (κ3) is 4.61. The van der Waals surface area contributed by atoms with Gasteiger partial charge >= 0.3 is 0 Å². The fourth-order valence-electron chi connectivity index (χ4n) is 5.17. The number of hydrogen-bond donors (Lipinski definition) is 2. The lowest BCUT2D eigenvalue weighted by molar-refractivity contribution is 0.0750. The first-order chi connectivity index (χ1) is 17.8. The van der Waals surface area contributed by atoms with Gasteiger partial charge < -0.3 is 25.0 Å². The number of nitrogens with zero attached hydrogens (tertiary/aromatic N) is 6. The molecular formula is C26H32N8O2. The molecule has 36 heavy (non-hydrogen) atoms. The predicted molar refractivity (Wildman–Crippen MR) is 137 cm³/mol. The van der Waals surface area contributed by atoms with Gasteiger partial charge in [0.2, 0.25) is 0 Å². The summed E-state index contributed by atoms with van der Waals surface area (Å²) in [5.74, 6) is 3.02. The molecule has 10 nitrogen and oxygen atoms in total. The molecule has 2 saturated heterocycles. The van der Waals surface area contributed by atoms with Crippen LogP contribution in [0.15, 0.2) is 66.6 Å². The number of nitrogens with two attached hydrogens (primary N) is 1. The van der Waals surface area contributed by atoms with E-state index >= 15 is 0 Å². The van der Waals surface area contributed by atoms with E-state index in [1.54, 1.807) is 18.7 Å². The molecule has 0 bridgehead atoms. The van der Waals surface area contributed by atoms with Crippen LogP contribution in [0.4, 0.5) is 11.6 Å². The molecule has 6 rings (SSSR count). The molecule has 4 aliphatic rings. The van der Waals surface area contributed by atoms with E-state index in [9.17, 15) is 0 Å². The topological polar surface area (TPSA) is 109 Å². The summed E-state index contributed by atoms with van der Waals surface area (Å²) in [6, 6.07) is 0.125. The second-order valence-electron chi connectivity index (χ2n) is 9.54. The van der Waals surface area contributed by atoms with E-state index in [-0.39, 0.29) is 6.04 Å². The van der Waals surface area contributed by atoms with Crippen molar-refractivity contribution in [1.82, 2.24) is 30.0 Å². The SMILES string of the molecule is Nc1ncnc(N2CCN([C@@H](CN3CCC3)C3=COC=C(C4=CC=CCC4)O3)CC2)c1-c1cn[nH]c1. The van der Waals surface area contributed by atoms with E-state index in [1.807, 2.05) is 6.20 Å². The van der Waals surface area contributed by atoms with Gasteiger partial charge in [0.05, 0.1) is 17.8 Å². The van der Waals surface area contributed by atoms with Gasteiger partial charge in [-0.3, -0.25) is 10.00 Å². The highest BCUT2D eigenvalue weighted by atomic mass is 16.5. The smallest absolute Gasteiger partial charge is 0.165 e. The Kier molecular flexibility index (Phi) is 6.44. The summed E-state index contributed by atoms with van der Waals surface area (Å²) in [4.78, 5) is 16.1. The van der Waals surface area contributed by atoms with Crippen LogP contribution in [0.1, 0.15) is 19.3 Å². The minimum Gasteiger partial charge on any atom is -0.465 e. The Morgan fingerprint density at radius 3 is 2.69 bits per heavy atom. The lowest BCUT2D eigenvalue weighted by Crippen LogP contribution is -2.56. The monoisotopic (exact) mass is 488 g/mol. The molecule has 3 N–H and O–H groups in total. The first kappa shape index (κ1) is 22.8. The number of nitrogens with one attached hydrogen (secondary N) is 1. The number of hydrogen-bond acceptors (Lipinski definition) is 9. The Hall–Kier alpha value is -3.63. The number of aromatic amines is 1. The Labute approximate surface area is 210 Å². The second-order valence-corrected chi connectivity index (χ2v) is 9.54. The molecule has 0 radical (unpaired) electrons. The van der Waals surface area contributed by atoms with E-state index in [2.05, 4.69) is 53.1 Å². The van der Waals surface area contributed by atoms with Crippen LogP contribution in [0.2, 0.25) is 0 Å². The van der Waals surface area contributed by atoms with Crippen molar-refractivity contribution >= 4 is 11.6 Å². The lowest BCUT2D eigenvalue weighted by Gasteiger charge is -2.43. The molecule has 0 spiro atoms. The fourth-order valence-corrected chi connectivity index (χ4v) is 5.17. The third-order valence-electron chi connectivity index (χ3n) is 7.32. The first-order valence-corrected chi connectivity index (χ1v) is 12.7. The van der Waals surface area contributed by atoms with Crippen molar-refractivity contribution in [2.45, 2.75) is 25.3 Å². The van der Waals surface area contributed by atoms with Crippen LogP contribution in [0, 0.1) is 0 Å². The van der Waals surface area contributed by atoms with Gasteiger partial charge in [-0.1, -0.05) is 18.2 Å². The van der Waals surface area contributed by atoms with Crippen LogP contribution in [0.5, 0.6) is 0 Å². The minimum atomic E-state index is 0.125. The van der Waals surface area contributed by atoms with E-state index in [4.69, 9.17) is 15.2 Å². The molecule has 2 aromatic heterocycles. The van der Waals surface area contributed by atoms with Gasteiger partial charge in [-0.05, 0) is 37.9 Å². The Balaban J connectivity index is 1.18. The van der Waals surface area contributed by atoms with Gasteiger partial charge in [-0.2, -0.15) is 5.10 Å². The maximum absolute atomic E-state index is 6.47. The highest BCUT2D eigenvalue weighted by Crippen LogP contribution is 2.34. The van der Waals surface area contributed by atoms with Crippen LogP contribution < -0.4 is 10.6 Å². The number of aromatic nitrogens is 4. The highest BCUT2D eigenvalue weighted by molar-refractivity contribution is 5.83. The second kappa shape index (κ2) is 10.2. The maximum atomic E-state index is 6.47. The van der Waals surface area contributed by atoms with Gasteiger partial charge in [0.15, 0.2) is 11.5 Å². The molecule has 2 fully saturated rings. The average Bonchev–Trinajstić information content (AvgIpc) is 3.43. The summed E-state index contributed by atoms with van der Waals surface area (Å²) >= 11 is 0. The summed E-state index contributed by atoms with van der Waals surface area (Å²) in [6.07, 6.45) is 18.3. The maximum Gasteiger partial charge on any atom is 0.165 e. The standard InChI is InChI=1S/C26H32N8O2/c27-25-24(20-13-30-31-14-20)26(29-18-28-25)34-11-9-33(10-12-34)21(15-32-7-4-8-32)23-17-35-16-22(36-23)19-5-2-1-3-6-19/h1-2,5,13-14,16-18,21H,3-4,6-12,15H2,(H,30,31)(H2,27,28,29)/t21-/m0/s1. The quantitative estimate of drug-likeness (QED) is 0.608.